The van der Waals surface area contributed by atoms with E-state index in [2.05, 4.69) is 0 Å². The molecule has 0 N–H and O–H groups in total. The van der Waals surface area contributed by atoms with Crippen molar-refractivity contribution >= 4 is 5.91 Å². The number of halogens is 1. The number of amides is 1. The quantitative estimate of drug-likeness (QED) is 0.703. The smallest absolute Gasteiger partial charge is 0.256 e. The van der Waals surface area contributed by atoms with E-state index in [0.29, 0.717) is 18.7 Å². The number of nitrogens with zero attached hydrogens (tertiary/aromatic N) is 1. The first-order valence-corrected chi connectivity index (χ1v) is 4.86. The minimum Gasteiger partial charge on any atom is -0.357 e. The van der Waals surface area contributed by atoms with Crippen LogP contribution in [0.2, 0.25) is 0 Å². The second-order valence-corrected chi connectivity index (χ2v) is 3.48. The normalized spacial score (nSPS) is 20.7. The first kappa shape index (κ1) is 10.1. The molecule has 1 fully saturated rings. The van der Waals surface area contributed by atoms with Gasteiger partial charge in [0.25, 0.3) is 5.91 Å². The van der Waals surface area contributed by atoms with Crippen molar-refractivity contribution in [3.8, 4) is 0 Å². The average molecular weight is 209 g/mol. The van der Waals surface area contributed by atoms with E-state index in [1.807, 2.05) is 6.92 Å². The number of hydrogen-bond donors (Lipinski definition) is 0. The standard InChI is InChI=1S/C11H12FNO2/c1-8-13(5-6-15-8)11(14)9-3-2-4-10(12)7-9/h2-4,7-8H,5-6H2,1H3. The van der Waals surface area contributed by atoms with E-state index < -0.39 is 5.82 Å². The number of hydrogen-bond acceptors (Lipinski definition) is 2. The van der Waals surface area contributed by atoms with Gasteiger partial charge >= 0.3 is 0 Å². The lowest BCUT2D eigenvalue weighted by Crippen LogP contribution is -2.34. The fraction of sp³-hybridized carbons (Fsp3) is 0.364. The van der Waals surface area contributed by atoms with Gasteiger partial charge in [-0.15, -0.1) is 0 Å². The van der Waals surface area contributed by atoms with Crippen LogP contribution in [0.15, 0.2) is 24.3 Å². The molecule has 1 atom stereocenters. The van der Waals surface area contributed by atoms with Gasteiger partial charge < -0.3 is 9.64 Å². The predicted molar refractivity (Wildman–Crippen MR) is 52.9 cm³/mol. The first-order valence-electron chi connectivity index (χ1n) is 4.86. The van der Waals surface area contributed by atoms with Crippen LogP contribution in [-0.2, 0) is 4.74 Å². The Morgan fingerprint density at radius 1 is 1.60 bits per heavy atom. The fourth-order valence-electron chi connectivity index (χ4n) is 1.65. The fourth-order valence-corrected chi connectivity index (χ4v) is 1.65. The zero-order valence-corrected chi connectivity index (χ0v) is 8.44. The van der Waals surface area contributed by atoms with E-state index in [1.165, 1.54) is 18.2 Å². The van der Waals surface area contributed by atoms with E-state index >= 15 is 0 Å². The summed E-state index contributed by atoms with van der Waals surface area (Å²) in [6.45, 7) is 2.92. The predicted octanol–water partition coefficient (Wildman–Crippen LogP) is 1.64. The summed E-state index contributed by atoms with van der Waals surface area (Å²) in [5.41, 5.74) is 0.368. The summed E-state index contributed by atoms with van der Waals surface area (Å²) in [5.74, 6) is -0.576. The van der Waals surface area contributed by atoms with Crippen LogP contribution in [0.4, 0.5) is 4.39 Å². The Bertz CT molecular complexity index is 381. The van der Waals surface area contributed by atoms with Crippen molar-refractivity contribution in [1.82, 2.24) is 4.90 Å². The molecule has 1 aromatic carbocycles. The summed E-state index contributed by atoms with van der Waals surface area (Å²) in [5, 5.41) is 0. The van der Waals surface area contributed by atoms with E-state index in [1.54, 1.807) is 11.0 Å². The average Bonchev–Trinajstić information content (AvgIpc) is 2.63. The Hall–Kier alpha value is -1.42. The maximum absolute atomic E-state index is 12.9. The summed E-state index contributed by atoms with van der Waals surface area (Å²) >= 11 is 0. The lowest BCUT2D eigenvalue weighted by molar-refractivity contribution is 0.0377. The summed E-state index contributed by atoms with van der Waals surface area (Å²) in [7, 11) is 0. The highest BCUT2D eigenvalue weighted by Gasteiger charge is 2.26. The maximum atomic E-state index is 12.9. The molecule has 1 aliphatic rings. The number of rotatable bonds is 1. The van der Waals surface area contributed by atoms with Crippen molar-refractivity contribution in [2.45, 2.75) is 13.2 Å². The van der Waals surface area contributed by atoms with Gasteiger partial charge in [0.15, 0.2) is 0 Å². The Morgan fingerprint density at radius 3 is 3.00 bits per heavy atom. The van der Waals surface area contributed by atoms with Crippen molar-refractivity contribution in [2.24, 2.45) is 0 Å². The van der Waals surface area contributed by atoms with Crippen LogP contribution in [0, 0.1) is 5.82 Å². The zero-order chi connectivity index (χ0) is 10.8. The minimum atomic E-state index is -0.395. The molecule has 4 heteroatoms. The second kappa shape index (κ2) is 3.98. The molecule has 80 valence electrons. The topological polar surface area (TPSA) is 29.5 Å². The monoisotopic (exact) mass is 209 g/mol. The van der Waals surface area contributed by atoms with Gasteiger partial charge in [-0.3, -0.25) is 4.79 Å². The molecule has 0 radical (unpaired) electrons. The summed E-state index contributed by atoms with van der Waals surface area (Å²) in [4.78, 5) is 13.5. The van der Waals surface area contributed by atoms with Gasteiger partial charge in [0.2, 0.25) is 0 Å². The van der Waals surface area contributed by atoms with Crippen LogP contribution in [0.5, 0.6) is 0 Å². The van der Waals surface area contributed by atoms with Crippen LogP contribution in [0.1, 0.15) is 17.3 Å². The molecule has 0 saturated carbocycles. The molecular weight excluding hydrogens is 197 g/mol. The maximum Gasteiger partial charge on any atom is 0.256 e. The van der Waals surface area contributed by atoms with Crippen LogP contribution >= 0.6 is 0 Å². The molecule has 2 rings (SSSR count). The zero-order valence-electron chi connectivity index (χ0n) is 8.44. The Balaban J connectivity index is 2.20. The molecule has 0 spiro atoms. The highest BCUT2D eigenvalue weighted by molar-refractivity contribution is 5.94. The van der Waals surface area contributed by atoms with Crippen molar-refractivity contribution in [1.29, 1.82) is 0 Å². The molecular formula is C11H12FNO2. The number of ether oxygens (including phenoxy) is 1. The van der Waals surface area contributed by atoms with Crippen LogP contribution in [0.3, 0.4) is 0 Å². The number of carbonyl (C=O) groups excluding carboxylic acids is 1. The van der Waals surface area contributed by atoms with Crippen LogP contribution < -0.4 is 0 Å². The van der Waals surface area contributed by atoms with Crippen molar-refractivity contribution in [2.75, 3.05) is 13.2 Å². The second-order valence-electron chi connectivity index (χ2n) is 3.48. The first-order chi connectivity index (χ1) is 7.18. The largest absolute Gasteiger partial charge is 0.357 e. The summed E-state index contributed by atoms with van der Waals surface area (Å²) in [6.07, 6.45) is -0.222. The van der Waals surface area contributed by atoms with Gasteiger partial charge in [0.05, 0.1) is 6.61 Å². The molecule has 0 aliphatic carbocycles. The van der Waals surface area contributed by atoms with Gasteiger partial charge in [0.1, 0.15) is 12.0 Å². The molecule has 15 heavy (non-hydrogen) atoms. The van der Waals surface area contributed by atoms with Crippen LogP contribution in [-0.4, -0.2) is 30.2 Å². The summed E-state index contributed by atoms with van der Waals surface area (Å²) < 4.78 is 18.2. The molecule has 1 heterocycles. The molecule has 1 unspecified atom stereocenters. The Kier molecular flexibility index (Phi) is 2.68. The Labute approximate surface area is 87.5 Å². The number of carbonyl (C=O) groups is 1. The molecule has 1 saturated heterocycles. The molecule has 0 aromatic heterocycles. The number of benzene rings is 1. The third-order valence-electron chi connectivity index (χ3n) is 2.46. The Morgan fingerprint density at radius 2 is 2.40 bits per heavy atom. The van der Waals surface area contributed by atoms with Crippen molar-refractivity contribution < 1.29 is 13.9 Å². The van der Waals surface area contributed by atoms with Gasteiger partial charge in [-0.25, -0.2) is 4.39 Å². The molecule has 1 aliphatic heterocycles. The van der Waals surface area contributed by atoms with Gasteiger partial charge in [0, 0.05) is 12.1 Å². The lowest BCUT2D eigenvalue weighted by Gasteiger charge is -2.19. The van der Waals surface area contributed by atoms with Crippen molar-refractivity contribution in [3.05, 3.63) is 35.6 Å². The van der Waals surface area contributed by atoms with E-state index in [9.17, 15) is 9.18 Å². The van der Waals surface area contributed by atoms with E-state index in [-0.39, 0.29) is 12.1 Å². The van der Waals surface area contributed by atoms with Crippen molar-refractivity contribution in [3.63, 3.8) is 0 Å². The van der Waals surface area contributed by atoms with Gasteiger partial charge in [-0.05, 0) is 25.1 Å². The van der Waals surface area contributed by atoms with E-state index in [4.69, 9.17) is 4.74 Å². The van der Waals surface area contributed by atoms with E-state index in [0.717, 1.165) is 0 Å². The van der Waals surface area contributed by atoms with Gasteiger partial charge in [-0.1, -0.05) is 6.07 Å². The summed E-state index contributed by atoms with van der Waals surface area (Å²) in [6, 6.07) is 5.70. The molecule has 1 amide bonds. The lowest BCUT2D eigenvalue weighted by atomic mass is 10.2. The highest BCUT2D eigenvalue weighted by atomic mass is 19.1. The highest BCUT2D eigenvalue weighted by Crippen LogP contribution is 2.14. The molecule has 0 bridgehead atoms. The molecule has 1 aromatic rings. The minimum absolute atomic E-state index is 0.181. The third kappa shape index (κ3) is 1.99. The SMILES string of the molecule is CC1OCCN1C(=O)c1cccc(F)c1. The third-order valence-corrected chi connectivity index (χ3v) is 2.46. The van der Waals surface area contributed by atoms with Gasteiger partial charge in [-0.2, -0.15) is 0 Å². The van der Waals surface area contributed by atoms with Crippen LogP contribution in [0.25, 0.3) is 0 Å². The molecule has 3 nitrogen and oxygen atoms in total.